The van der Waals surface area contributed by atoms with Gasteiger partial charge in [0.05, 0.1) is 18.2 Å². The molecular weight excluding hydrogens is 238 g/mol. The fourth-order valence-electron chi connectivity index (χ4n) is 2.31. The molecule has 2 rings (SSSR count). The molecule has 0 atom stereocenters. The van der Waals surface area contributed by atoms with Crippen LogP contribution in [0.4, 0.5) is 5.82 Å². The predicted molar refractivity (Wildman–Crippen MR) is 77.8 cm³/mol. The van der Waals surface area contributed by atoms with Crippen molar-refractivity contribution < 1.29 is 0 Å². The van der Waals surface area contributed by atoms with Crippen LogP contribution in [-0.4, -0.2) is 19.1 Å². The van der Waals surface area contributed by atoms with Crippen molar-refractivity contribution in [1.82, 2.24) is 19.1 Å². The van der Waals surface area contributed by atoms with Crippen molar-refractivity contribution in [3.05, 3.63) is 18.3 Å². The first-order valence-electron chi connectivity index (χ1n) is 7.08. The summed E-state index contributed by atoms with van der Waals surface area (Å²) in [6.45, 7) is 8.21. The number of aryl methyl sites for hydroxylation is 2. The summed E-state index contributed by atoms with van der Waals surface area (Å²) in [5, 5.41) is 0. The van der Waals surface area contributed by atoms with Crippen LogP contribution in [0.3, 0.4) is 0 Å². The molecule has 0 aromatic carbocycles. The van der Waals surface area contributed by atoms with Crippen molar-refractivity contribution in [2.75, 3.05) is 5.73 Å². The molecule has 2 aromatic heterocycles. The fraction of sp³-hybridized carbons (Fsp3) is 0.571. The van der Waals surface area contributed by atoms with Crippen molar-refractivity contribution in [2.24, 2.45) is 0 Å². The van der Waals surface area contributed by atoms with Crippen LogP contribution in [0, 0.1) is 0 Å². The highest BCUT2D eigenvalue weighted by Crippen LogP contribution is 2.27. The van der Waals surface area contributed by atoms with E-state index < -0.39 is 0 Å². The zero-order chi connectivity index (χ0) is 13.8. The minimum atomic E-state index is 0.764. The smallest absolute Gasteiger partial charge is 0.133 e. The first-order chi connectivity index (χ1) is 9.22. The summed E-state index contributed by atoms with van der Waals surface area (Å²) in [5.41, 5.74) is 8.17. The molecular formula is C14H23N5. The lowest BCUT2D eigenvalue weighted by Gasteiger charge is -2.08. The minimum absolute atomic E-state index is 0.764. The number of hydrogen-bond donors (Lipinski definition) is 1. The molecule has 0 aliphatic rings. The molecule has 2 heterocycles. The Morgan fingerprint density at radius 2 is 2.05 bits per heavy atom. The quantitative estimate of drug-likeness (QED) is 0.869. The van der Waals surface area contributed by atoms with E-state index in [1.54, 1.807) is 0 Å². The molecule has 2 N–H and O–H groups in total. The number of imidazole rings is 2. The number of unbranched alkanes of at least 4 members (excludes halogenated alkanes) is 1. The largest absolute Gasteiger partial charge is 0.383 e. The van der Waals surface area contributed by atoms with Crippen molar-refractivity contribution in [1.29, 1.82) is 0 Å². The Kier molecular flexibility index (Phi) is 4.24. The van der Waals surface area contributed by atoms with E-state index in [1.807, 2.05) is 12.5 Å². The summed E-state index contributed by atoms with van der Waals surface area (Å²) in [6, 6.07) is 0. The number of hydrogen-bond acceptors (Lipinski definition) is 3. The Morgan fingerprint density at radius 1 is 1.26 bits per heavy atom. The van der Waals surface area contributed by atoms with Gasteiger partial charge < -0.3 is 14.9 Å². The van der Waals surface area contributed by atoms with Crippen LogP contribution in [0.5, 0.6) is 0 Å². The second kappa shape index (κ2) is 5.91. The molecule has 19 heavy (non-hydrogen) atoms. The summed E-state index contributed by atoms with van der Waals surface area (Å²) >= 11 is 0. The molecule has 5 heteroatoms. The number of nitrogens with two attached hydrogens (primary N) is 1. The van der Waals surface area contributed by atoms with Crippen LogP contribution in [0.15, 0.2) is 12.5 Å². The van der Waals surface area contributed by atoms with Crippen molar-refractivity contribution in [3.8, 4) is 11.4 Å². The first kappa shape index (κ1) is 13.6. The molecule has 0 fully saturated rings. The molecule has 0 amide bonds. The van der Waals surface area contributed by atoms with E-state index in [4.69, 9.17) is 10.7 Å². The summed E-state index contributed by atoms with van der Waals surface area (Å²) in [5.74, 6) is 1.82. The van der Waals surface area contributed by atoms with E-state index in [0.29, 0.717) is 0 Å². The molecule has 0 aliphatic carbocycles. The summed E-state index contributed by atoms with van der Waals surface area (Å²) in [6.07, 6.45) is 6.84. The van der Waals surface area contributed by atoms with Crippen LogP contribution in [-0.2, 0) is 19.5 Å². The number of rotatable bonds is 6. The monoisotopic (exact) mass is 261 g/mol. The molecule has 5 nitrogen and oxygen atoms in total. The second-order valence-electron chi connectivity index (χ2n) is 4.69. The van der Waals surface area contributed by atoms with Crippen molar-refractivity contribution >= 4 is 5.82 Å². The van der Waals surface area contributed by atoms with Gasteiger partial charge in [0.15, 0.2) is 0 Å². The topological polar surface area (TPSA) is 61.7 Å². The number of nitrogen functional groups attached to an aromatic ring is 1. The van der Waals surface area contributed by atoms with Gasteiger partial charge in [-0.05, 0) is 13.3 Å². The highest BCUT2D eigenvalue weighted by atomic mass is 15.2. The van der Waals surface area contributed by atoms with Gasteiger partial charge >= 0.3 is 0 Å². The maximum Gasteiger partial charge on any atom is 0.133 e. The summed E-state index contributed by atoms with van der Waals surface area (Å²) < 4.78 is 4.22. The van der Waals surface area contributed by atoms with Crippen molar-refractivity contribution in [2.45, 2.75) is 53.1 Å². The van der Waals surface area contributed by atoms with Gasteiger partial charge in [0.25, 0.3) is 0 Å². The Hall–Kier alpha value is -1.78. The maximum absolute atomic E-state index is 6.29. The molecule has 0 saturated heterocycles. The zero-order valence-electron chi connectivity index (χ0n) is 12.1. The van der Waals surface area contributed by atoms with E-state index in [2.05, 4.69) is 34.9 Å². The van der Waals surface area contributed by atoms with E-state index in [9.17, 15) is 0 Å². The number of anilines is 1. The SMILES string of the molecule is CCCCn1c(CC)nc(-c2cncn2CC)c1N. The lowest BCUT2D eigenvalue weighted by atomic mass is 10.3. The van der Waals surface area contributed by atoms with Crippen LogP contribution in [0.2, 0.25) is 0 Å². The molecule has 0 saturated carbocycles. The predicted octanol–water partition coefficient (Wildman–Crippen LogP) is 2.71. The van der Waals surface area contributed by atoms with Crippen LogP contribution in [0.1, 0.15) is 39.4 Å². The molecule has 0 radical (unpaired) electrons. The van der Waals surface area contributed by atoms with Gasteiger partial charge in [0, 0.05) is 19.5 Å². The molecule has 0 bridgehead atoms. The minimum Gasteiger partial charge on any atom is -0.383 e. The molecule has 104 valence electrons. The van der Waals surface area contributed by atoms with E-state index >= 15 is 0 Å². The zero-order valence-corrected chi connectivity index (χ0v) is 12.1. The van der Waals surface area contributed by atoms with Gasteiger partial charge in [-0.1, -0.05) is 20.3 Å². The van der Waals surface area contributed by atoms with Crippen LogP contribution < -0.4 is 5.73 Å². The molecule has 0 aliphatic heterocycles. The summed E-state index contributed by atoms with van der Waals surface area (Å²) in [4.78, 5) is 8.90. The van der Waals surface area contributed by atoms with E-state index in [0.717, 1.165) is 55.4 Å². The lowest BCUT2D eigenvalue weighted by molar-refractivity contribution is 0.612. The average molecular weight is 261 g/mol. The highest BCUT2D eigenvalue weighted by Gasteiger charge is 2.17. The number of aromatic nitrogens is 4. The fourth-order valence-corrected chi connectivity index (χ4v) is 2.31. The van der Waals surface area contributed by atoms with Gasteiger partial charge in [-0.2, -0.15) is 0 Å². The van der Waals surface area contributed by atoms with Crippen LogP contribution in [0.25, 0.3) is 11.4 Å². The summed E-state index contributed by atoms with van der Waals surface area (Å²) in [7, 11) is 0. The lowest BCUT2D eigenvalue weighted by Crippen LogP contribution is -2.07. The van der Waals surface area contributed by atoms with E-state index in [-0.39, 0.29) is 0 Å². The van der Waals surface area contributed by atoms with Crippen LogP contribution >= 0.6 is 0 Å². The maximum atomic E-state index is 6.29. The Morgan fingerprint density at radius 3 is 2.68 bits per heavy atom. The Labute approximate surface area is 114 Å². The number of nitrogens with zero attached hydrogens (tertiary/aromatic N) is 4. The first-order valence-corrected chi connectivity index (χ1v) is 7.08. The molecule has 0 spiro atoms. The standard InChI is InChI=1S/C14H23N5/c1-4-7-8-19-12(5-2)17-13(14(19)15)11-9-16-10-18(11)6-3/h9-10H,4-8,15H2,1-3H3. The normalized spacial score (nSPS) is 11.1. The molecule has 2 aromatic rings. The highest BCUT2D eigenvalue weighted by molar-refractivity contribution is 5.68. The van der Waals surface area contributed by atoms with Gasteiger partial charge in [-0.15, -0.1) is 0 Å². The van der Waals surface area contributed by atoms with Gasteiger partial charge in [0.1, 0.15) is 17.3 Å². The Balaban J connectivity index is 2.44. The third-order valence-electron chi connectivity index (χ3n) is 3.43. The van der Waals surface area contributed by atoms with Crippen molar-refractivity contribution in [3.63, 3.8) is 0 Å². The van der Waals surface area contributed by atoms with Gasteiger partial charge in [-0.3, -0.25) is 0 Å². The third-order valence-corrected chi connectivity index (χ3v) is 3.43. The van der Waals surface area contributed by atoms with E-state index in [1.165, 1.54) is 0 Å². The van der Waals surface area contributed by atoms with Gasteiger partial charge in [0.2, 0.25) is 0 Å². The molecule has 0 unspecified atom stereocenters. The average Bonchev–Trinajstić information content (AvgIpc) is 3.00. The van der Waals surface area contributed by atoms with Gasteiger partial charge in [-0.25, -0.2) is 9.97 Å². The Bertz CT molecular complexity index is 538. The second-order valence-corrected chi connectivity index (χ2v) is 4.69. The third kappa shape index (κ3) is 2.50.